The van der Waals surface area contributed by atoms with E-state index in [0.29, 0.717) is 18.2 Å². The van der Waals surface area contributed by atoms with Crippen LogP contribution in [0.25, 0.3) is 11.4 Å². The van der Waals surface area contributed by atoms with Crippen LogP contribution in [0.3, 0.4) is 0 Å². The molecule has 2 rings (SSSR count). The van der Waals surface area contributed by atoms with Crippen LogP contribution in [0, 0.1) is 18.8 Å². The highest BCUT2D eigenvalue weighted by Gasteiger charge is 2.18. The second-order valence-corrected chi connectivity index (χ2v) is 6.84. The third-order valence-corrected chi connectivity index (χ3v) is 2.97. The van der Waals surface area contributed by atoms with Crippen molar-refractivity contribution in [3.05, 3.63) is 35.7 Å². The maximum absolute atomic E-state index is 10.0. The van der Waals surface area contributed by atoms with Gasteiger partial charge >= 0.3 is 0 Å². The van der Waals surface area contributed by atoms with Crippen molar-refractivity contribution in [2.24, 2.45) is 0 Å². The molecule has 0 amide bonds. The Morgan fingerprint density at radius 2 is 1.70 bits per heavy atom. The van der Waals surface area contributed by atoms with E-state index in [1.165, 1.54) is 0 Å². The van der Waals surface area contributed by atoms with Crippen molar-refractivity contribution in [1.29, 1.82) is 0 Å². The molecule has 0 radical (unpaired) electrons. The van der Waals surface area contributed by atoms with Crippen molar-refractivity contribution in [1.82, 2.24) is 14.8 Å². The first kappa shape index (κ1) is 17.2. The second kappa shape index (κ2) is 6.15. The lowest BCUT2D eigenvalue weighted by Gasteiger charge is -2.18. The number of hydrogen-bond acceptors (Lipinski definition) is 4. The van der Waals surface area contributed by atoms with Crippen LogP contribution in [-0.4, -0.2) is 36.2 Å². The fourth-order valence-electron chi connectivity index (χ4n) is 2.07. The molecule has 2 aromatic rings. The Hall–Kier alpha value is -2.16. The molecule has 0 aliphatic rings. The summed E-state index contributed by atoms with van der Waals surface area (Å²) in [4.78, 5) is 4.44. The molecule has 0 spiro atoms. The third kappa shape index (κ3) is 5.20. The fourth-order valence-corrected chi connectivity index (χ4v) is 2.07. The minimum Gasteiger partial charge on any atom is -0.389 e. The molecule has 122 valence electrons. The summed E-state index contributed by atoms with van der Waals surface area (Å²) in [6.45, 7) is 8.97. The highest BCUT2D eigenvalue weighted by Crippen LogP contribution is 2.20. The van der Waals surface area contributed by atoms with E-state index in [1.54, 1.807) is 32.4 Å². The average molecular weight is 313 g/mol. The SMILES string of the molecule is Cc1nc(-c2ccc(C#CC(C)(C)O)cc2)n(CC(C)(C)O)n1. The quantitative estimate of drug-likeness (QED) is 0.852. The van der Waals surface area contributed by atoms with Gasteiger partial charge in [-0.2, -0.15) is 5.10 Å². The normalized spacial score (nSPS) is 12.0. The molecule has 0 unspecified atom stereocenters. The number of aliphatic hydroxyl groups is 2. The van der Waals surface area contributed by atoms with Crippen molar-refractivity contribution >= 4 is 0 Å². The lowest BCUT2D eigenvalue weighted by molar-refractivity contribution is 0.0581. The largest absolute Gasteiger partial charge is 0.389 e. The summed E-state index contributed by atoms with van der Waals surface area (Å²) in [7, 11) is 0. The summed E-state index contributed by atoms with van der Waals surface area (Å²) >= 11 is 0. The summed E-state index contributed by atoms with van der Waals surface area (Å²) in [5.41, 5.74) is -0.153. The molecule has 5 heteroatoms. The van der Waals surface area contributed by atoms with Gasteiger partial charge in [-0.25, -0.2) is 9.67 Å². The standard InChI is InChI=1S/C18H23N3O2/c1-13-19-16(21(20-13)12-18(4,5)23)15-8-6-14(7-9-15)10-11-17(2,3)22/h6-9,22-23H,12H2,1-5H3. The molecular formula is C18H23N3O2. The van der Waals surface area contributed by atoms with Gasteiger partial charge in [0.1, 0.15) is 11.4 Å². The molecule has 0 atom stereocenters. The monoisotopic (exact) mass is 313 g/mol. The van der Waals surface area contributed by atoms with E-state index < -0.39 is 11.2 Å². The van der Waals surface area contributed by atoms with Gasteiger partial charge in [-0.3, -0.25) is 0 Å². The van der Waals surface area contributed by atoms with E-state index in [0.717, 1.165) is 11.1 Å². The molecule has 1 heterocycles. The number of benzene rings is 1. The van der Waals surface area contributed by atoms with Crippen molar-refractivity contribution in [3.8, 4) is 23.2 Å². The average Bonchev–Trinajstić information content (AvgIpc) is 2.75. The van der Waals surface area contributed by atoms with Crippen molar-refractivity contribution in [3.63, 3.8) is 0 Å². The number of aromatic nitrogens is 3. The van der Waals surface area contributed by atoms with Gasteiger partial charge in [-0.05, 0) is 58.9 Å². The zero-order valence-electron chi connectivity index (χ0n) is 14.3. The first-order valence-corrected chi connectivity index (χ1v) is 7.53. The van der Waals surface area contributed by atoms with Crippen LogP contribution < -0.4 is 0 Å². The van der Waals surface area contributed by atoms with E-state index in [1.807, 2.05) is 31.2 Å². The van der Waals surface area contributed by atoms with Gasteiger partial charge < -0.3 is 10.2 Å². The minimum absolute atomic E-state index is 0.365. The summed E-state index contributed by atoms with van der Waals surface area (Å²) in [6, 6.07) is 7.59. The third-order valence-electron chi connectivity index (χ3n) is 2.97. The maximum atomic E-state index is 10.0. The van der Waals surface area contributed by atoms with Gasteiger partial charge in [0.25, 0.3) is 0 Å². The molecule has 0 aliphatic heterocycles. The molecule has 1 aromatic heterocycles. The molecule has 0 aliphatic carbocycles. The summed E-state index contributed by atoms with van der Waals surface area (Å²) in [5, 5.41) is 24.0. The summed E-state index contributed by atoms with van der Waals surface area (Å²) in [6.07, 6.45) is 0. The lowest BCUT2D eigenvalue weighted by Crippen LogP contribution is -2.27. The van der Waals surface area contributed by atoms with E-state index >= 15 is 0 Å². The number of hydrogen-bond donors (Lipinski definition) is 2. The van der Waals surface area contributed by atoms with Crippen LogP contribution in [-0.2, 0) is 6.54 Å². The predicted molar refractivity (Wildman–Crippen MR) is 89.7 cm³/mol. The van der Waals surface area contributed by atoms with Crippen LogP contribution in [0.2, 0.25) is 0 Å². The Morgan fingerprint density at radius 1 is 1.09 bits per heavy atom. The maximum Gasteiger partial charge on any atom is 0.158 e. The fraction of sp³-hybridized carbons (Fsp3) is 0.444. The highest BCUT2D eigenvalue weighted by atomic mass is 16.3. The Bertz CT molecular complexity index is 736. The Labute approximate surface area is 137 Å². The van der Waals surface area contributed by atoms with E-state index in [2.05, 4.69) is 21.9 Å². The molecular weight excluding hydrogens is 290 g/mol. The molecule has 1 aromatic carbocycles. The van der Waals surface area contributed by atoms with Crippen LogP contribution in [0.15, 0.2) is 24.3 Å². The van der Waals surface area contributed by atoms with Crippen LogP contribution in [0.5, 0.6) is 0 Å². The first-order chi connectivity index (χ1) is 10.5. The van der Waals surface area contributed by atoms with Crippen molar-refractivity contribution < 1.29 is 10.2 Å². The van der Waals surface area contributed by atoms with E-state index in [4.69, 9.17) is 0 Å². The summed E-state index contributed by atoms with van der Waals surface area (Å²) < 4.78 is 1.72. The van der Waals surface area contributed by atoms with Crippen molar-refractivity contribution in [2.45, 2.75) is 52.4 Å². The van der Waals surface area contributed by atoms with Gasteiger partial charge in [0.15, 0.2) is 5.82 Å². The molecule has 5 nitrogen and oxygen atoms in total. The van der Waals surface area contributed by atoms with Gasteiger partial charge in [0.05, 0.1) is 12.1 Å². The zero-order valence-corrected chi connectivity index (χ0v) is 14.3. The lowest BCUT2D eigenvalue weighted by atomic mass is 10.1. The topological polar surface area (TPSA) is 71.2 Å². The summed E-state index contributed by atoms with van der Waals surface area (Å²) in [5.74, 6) is 7.10. The minimum atomic E-state index is -1.01. The van der Waals surface area contributed by atoms with Crippen LogP contribution in [0.4, 0.5) is 0 Å². The number of aryl methyl sites for hydroxylation is 1. The second-order valence-electron chi connectivity index (χ2n) is 6.84. The number of nitrogens with zero attached hydrogens (tertiary/aromatic N) is 3. The molecule has 0 saturated heterocycles. The van der Waals surface area contributed by atoms with E-state index in [9.17, 15) is 10.2 Å². The molecule has 0 bridgehead atoms. The molecule has 23 heavy (non-hydrogen) atoms. The molecule has 2 N–H and O–H groups in total. The van der Waals surface area contributed by atoms with E-state index in [-0.39, 0.29) is 0 Å². The molecule has 0 fully saturated rings. The Kier molecular flexibility index (Phi) is 4.60. The zero-order chi connectivity index (χ0) is 17.3. The highest BCUT2D eigenvalue weighted by molar-refractivity contribution is 5.57. The Balaban J connectivity index is 2.31. The smallest absolute Gasteiger partial charge is 0.158 e. The van der Waals surface area contributed by atoms with Gasteiger partial charge in [-0.1, -0.05) is 11.8 Å². The van der Waals surface area contributed by atoms with Crippen LogP contribution >= 0.6 is 0 Å². The van der Waals surface area contributed by atoms with Crippen LogP contribution in [0.1, 0.15) is 39.1 Å². The Morgan fingerprint density at radius 3 is 2.22 bits per heavy atom. The van der Waals surface area contributed by atoms with Crippen molar-refractivity contribution in [2.75, 3.05) is 0 Å². The van der Waals surface area contributed by atoms with Gasteiger partial charge in [0.2, 0.25) is 0 Å². The number of rotatable bonds is 3. The van der Waals surface area contributed by atoms with Gasteiger partial charge in [-0.15, -0.1) is 0 Å². The van der Waals surface area contributed by atoms with Gasteiger partial charge in [0, 0.05) is 11.1 Å². The predicted octanol–water partition coefficient (Wildman–Crippen LogP) is 2.15. The first-order valence-electron chi connectivity index (χ1n) is 7.53. The molecule has 0 saturated carbocycles.